The number of ether oxygens (including phenoxy) is 3. The van der Waals surface area contributed by atoms with E-state index in [4.69, 9.17) is 37.4 Å². The maximum atomic E-state index is 13.0. The molecule has 2 saturated heterocycles. The van der Waals surface area contributed by atoms with Gasteiger partial charge in [0.2, 0.25) is 5.91 Å². The Bertz CT molecular complexity index is 1160. The molecule has 0 aliphatic carbocycles. The molecule has 2 aliphatic rings. The van der Waals surface area contributed by atoms with E-state index >= 15 is 0 Å². The van der Waals surface area contributed by atoms with Crippen molar-refractivity contribution in [1.29, 1.82) is 0 Å². The number of thioether (sulfide) groups is 1. The molecule has 2 N–H and O–H groups in total. The van der Waals surface area contributed by atoms with Crippen molar-refractivity contribution in [3.05, 3.63) is 63.6 Å². The van der Waals surface area contributed by atoms with Crippen LogP contribution in [-0.2, 0) is 32.1 Å². The molecule has 0 spiro atoms. The number of aliphatic carboxylic acids is 1. The minimum atomic E-state index is -1.18. The Balaban J connectivity index is 1.27. The number of hydrogen-bond donors (Lipinski definition) is 2. The van der Waals surface area contributed by atoms with Crippen LogP contribution in [0.1, 0.15) is 11.1 Å². The highest BCUT2D eigenvalue weighted by Crippen LogP contribution is 2.26. The fraction of sp³-hybridized carbons (Fsp3) is 0.444. The summed E-state index contributed by atoms with van der Waals surface area (Å²) in [4.78, 5) is 41.1. The molecule has 2 aliphatic heterocycles. The first kappa shape index (κ1) is 30.3. The molecule has 2 aromatic rings. The molecule has 10 nitrogen and oxygen atoms in total. The van der Waals surface area contributed by atoms with E-state index < -0.39 is 30.1 Å². The van der Waals surface area contributed by atoms with Crippen molar-refractivity contribution in [2.75, 3.05) is 51.1 Å². The van der Waals surface area contributed by atoms with Gasteiger partial charge in [-0.25, -0.2) is 9.59 Å². The summed E-state index contributed by atoms with van der Waals surface area (Å²) in [6.07, 6.45) is -0.527. The second kappa shape index (κ2) is 14.8. The highest BCUT2D eigenvalue weighted by Gasteiger charge is 2.37. The van der Waals surface area contributed by atoms with Crippen LogP contribution < -0.4 is 10.1 Å². The lowest BCUT2D eigenvalue weighted by Crippen LogP contribution is -2.52. The molecule has 216 valence electrons. The Morgan fingerprint density at radius 1 is 1.10 bits per heavy atom. The fourth-order valence-electron chi connectivity index (χ4n) is 4.26. The van der Waals surface area contributed by atoms with Gasteiger partial charge in [-0.2, -0.15) is 0 Å². The predicted octanol–water partition coefficient (Wildman–Crippen LogP) is 3.53. The van der Waals surface area contributed by atoms with E-state index in [1.54, 1.807) is 42.5 Å². The molecular formula is C27H31Cl2N3O7S. The minimum absolute atomic E-state index is 0.0571. The summed E-state index contributed by atoms with van der Waals surface area (Å²) in [5.41, 5.74) is 1.36. The van der Waals surface area contributed by atoms with E-state index in [-0.39, 0.29) is 19.6 Å². The SMILES string of the molecule is O=C(N[C@@H](Cc1ccc(OCc2c(Cl)cccc2Cl)cc1)C(=O)O)C1CSCN1C(=O)OCCN1CCOCC1. The number of carbonyl (C=O) groups excluding carboxylic acids is 2. The Hall–Kier alpha value is -2.70. The Kier molecular flexibility index (Phi) is 11.2. The van der Waals surface area contributed by atoms with Crippen LogP contribution in [-0.4, -0.2) is 96.0 Å². The normalized spacial score (nSPS) is 18.2. The second-order valence-corrected chi connectivity index (χ2v) is 11.1. The lowest BCUT2D eigenvalue weighted by atomic mass is 10.1. The van der Waals surface area contributed by atoms with Crippen LogP contribution in [0.2, 0.25) is 10.0 Å². The van der Waals surface area contributed by atoms with Crippen molar-refractivity contribution in [3.63, 3.8) is 0 Å². The molecule has 0 bridgehead atoms. The van der Waals surface area contributed by atoms with Crippen molar-refractivity contribution in [1.82, 2.24) is 15.1 Å². The molecule has 13 heteroatoms. The predicted molar refractivity (Wildman–Crippen MR) is 152 cm³/mol. The maximum Gasteiger partial charge on any atom is 0.411 e. The van der Waals surface area contributed by atoms with Gasteiger partial charge in [-0.1, -0.05) is 41.4 Å². The summed E-state index contributed by atoms with van der Waals surface area (Å²) < 4.78 is 16.5. The highest BCUT2D eigenvalue weighted by molar-refractivity contribution is 7.99. The topological polar surface area (TPSA) is 118 Å². The average Bonchev–Trinajstić information content (AvgIpc) is 3.44. The Morgan fingerprint density at radius 3 is 2.48 bits per heavy atom. The molecule has 2 amide bonds. The minimum Gasteiger partial charge on any atom is -0.489 e. The van der Waals surface area contributed by atoms with E-state index in [2.05, 4.69) is 10.2 Å². The number of halogens is 2. The highest BCUT2D eigenvalue weighted by atomic mass is 35.5. The van der Waals surface area contributed by atoms with Gasteiger partial charge in [-0.3, -0.25) is 14.6 Å². The van der Waals surface area contributed by atoms with E-state index in [1.807, 2.05) is 0 Å². The van der Waals surface area contributed by atoms with Gasteiger partial charge in [0.15, 0.2) is 0 Å². The molecule has 2 atom stereocenters. The molecule has 0 radical (unpaired) electrons. The molecule has 0 aromatic heterocycles. The molecule has 2 fully saturated rings. The molecule has 4 rings (SSSR count). The number of rotatable bonds is 11. The van der Waals surface area contributed by atoms with E-state index in [0.717, 1.165) is 13.1 Å². The Morgan fingerprint density at radius 2 is 1.80 bits per heavy atom. The van der Waals surface area contributed by atoms with Crippen LogP contribution in [0.3, 0.4) is 0 Å². The van der Waals surface area contributed by atoms with Gasteiger partial charge in [0, 0.05) is 47.4 Å². The molecular weight excluding hydrogens is 581 g/mol. The largest absolute Gasteiger partial charge is 0.489 e. The lowest BCUT2D eigenvalue weighted by molar-refractivity contribution is -0.142. The smallest absolute Gasteiger partial charge is 0.411 e. The molecule has 2 aromatic carbocycles. The third-order valence-electron chi connectivity index (χ3n) is 6.58. The van der Waals surface area contributed by atoms with Crippen molar-refractivity contribution in [2.45, 2.75) is 25.1 Å². The summed E-state index contributed by atoms with van der Waals surface area (Å²) >= 11 is 13.8. The van der Waals surface area contributed by atoms with Gasteiger partial charge < -0.3 is 24.6 Å². The van der Waals surface area contributed by atoms with Gasteiger partial charge in [0.1, 0.15) is 31.0 Å². The van der Waals surface area contributed by atoms with Crippen LogP contribution in [0.15, 0.2) is 42.5 Å². The third-order valence-corrected chi connectivity index (χ3v) is 8.30. The van der Waals surface area contributed by atoms with E-state index in [9.17, 15) is 19.5 Å². The molecule has 40 heavy (non-hydrogen) atoms. The van der Waals surface area contributed by atoms with Crippen LogP contribution in [0.25, 0.3) is 0 Å². The number of amides is 2. The quantitative estimate of drug-likeness (QED) is 0.393. The third kappa shape index (κ3) is 8.40. The Labute approximate surface area is 246 Å². The van der Waals surface area contributed by atoms with Gasteiger partial charge in [0.25, 0.3) is 0 Å². The zero-order chi connectivity index (χ0) is 28.5. The van der Waals surface area contributed by atoms with E-state index in [1.165, 1.54) is 16.7 Å². The van der Waals surface area contributed by atoms with Crippen LogP contribution >= 0.6 is 35.0 Å². The molecule has 1 unspecified atom stereocenters. The number of carbonyl (C=O) groups is 3. The number of carboxylic acid groups (broad SMARTS) is 1. The number of nitrogens with one attached hydrogen (secondary N) is 1. The molecule has 2 heterocycles. The summed E-state index contributed by atoms with van der Waals surface area (Å²) in [6, 6.07) is 10.1. The number of hydrogen-bond acceptors (Lipinski definition) is 8. The lowest BCUT2D eigenvalue weighted by Gasteiger charge is -2.27. The summed E-state index contributed by atoms with van der Waals surface area (Å²) in [7, 11) is 0. The van der Waals surface area contributed by atoms with Gasteiger partial charge in [-0.05, 0) is 29.8 Å². The number of benzene rings is 2. The first-order valence-electron chi connectivity index (χ1n) is 12.8. The van der Waals surface area contributed by atoms with Crippen molar-refractivity contribution >= 4 is 52.9 Å². The standard InChI is InChI=1S/C27H31Cl2N3O7S/c28-21-2-1-3-22(29)20(21)15-39-19-6-4-18(5-7-19)14-23(26(34)35)30-25(33)24-16-40-17-32(24)27(36)38-13-10-31-8-11-37-12-9-31/h1-7,23-24H,8-17H2,(H,30,33)(H,34,35)/t23-,24?/m0/s1. The maximum absolute atomic E-state index is 13.0. The summed E-state index contributed by atoms with van der Waals surface area (Å²) in [5, 5.41) is 13.4. The van der Waals surface area contributed by atoms with Crippen molar-refractivity contribution in [3.8, 4) is 5.75 Å². The van der Waals surface area contributed by atoms with E-state index in [0.29, 0.717) is 58.3 Å². The van der Waals surface area contributed by atoms with Gasteiger partial charge in [0.05, 0.1) is 19.1 Å². The average molecular weight is 613 g/mol. The number of nitrogens with zero attached hydrogens (tertiary/aromatic N) is 2. The zero-order valence-electron chi connectivity index (χ0n) is 21.7. The van der Waals surface area contributed by atoms with Gasteiger partial charge >= 0.3 is 12.1 Å². The molecule has 0 saturated carbocycles. The monoisotopic (exact) mass is 611 g/mol. The van der Waals surface area contributed by atoms with Crippen LogP contribution in [0.4, 0.5) is 4.79 Å². The first-order chi connectivity index (χ1) is 19.3. The summed E-state index contributed by atoms with van der Waals surface area (Å²) in [5.74, 6) is -0.487. The fourth-order valence-corrected chi connectivity index (χ4v) is 5.91. The van der Waals surface area contributed by atoms with Crippen molar-refractivity contribution in [2.24, 2.45) is 0 Å². The van der Waals surface area contributed by atoms with Crippen LogP contribution in [0.5, 0.6) is 5.75 Å². The van der Waals surface area contributed by atoms with Crippen LogP contribution in [0, 0.1) is 0 Å². The number of carboxylic acids is 1. The second-order valence-electron chi connectivity index (χ2n) is 9.29. The number of morpholine rings is 1. The zero-order valence-corrected chi connectivity index (χ0v) is 24.1. The van der Waals surface area contributed by atoms with Crippen molar-refractivity contribution < 1.29 is 33.7 Å². The van der Waals surface area contributed by atoms with Gasteiger partial charge in [-0.15, -0.1) is 11.8 Å². The first-order valence-corrected chi connectivity index (χ1v) is 14.7. The summed E-state index contributed by atoms with van der Waals surface area (Å²) in [6.45, 7) is 3.85.